The molecule has 0 fully saturated rings. The summed E-state index contributed by atoms with van der Waals surface area (Å²) in [7, 11) is 0. The lowest BCUT2D eigenvalue weighted by molar-refractivity contribution is -0.137. The molecule has 1 N–H and O–H groups in total. The standard InChI is InChI=1S/C23H19NO3/c25-22(26)13-6-14-24-15-20(18-10-3-4-12-21(18)24)23(27)19-11-5-8-16-7-1-2-9-17(16)19/h1-5,7-12,15H,6,13-14H2,(H,25,26). The number of hydrogen-bond donors (Lipinski definition) is 1. The average Bonchev–Trinajstić information content (AvgIpc) is 3.06. The predicted octanol–water partition coefficient (Wildman–Crippen LogP) is 4.89. The van der Waals surface area contributed by atoms with E-state index in [1.807, 2.05) is 77.5 Å². The monoisotopic (exact) mass is 357 g/mol. The minimum absolute atomic E-state index is 0.0139. The molecule has 4 nitrogen and oxygen atoms in total. The molecule has 0 aliphatic heterocycles. The Balaban J connectivity index is 1.79. The highest BCUT2D eigenvalue weighted by atomic mass is 16.4. The van der Waals surface area contributed by atoms with E-state index in [1.54, 1.807) is 0 Å². The summed E-state index contributed by atoms with van der Waals surface area (Å²) in [5.74, 6) is -0.821. The Kier molecular flexibility index (Phi) is 4.47. The van der Waals surface area contributed by atoms with Crippen molar-refractivity contribution in [2.24, 2.45) is 0 Å². The summed E-state index contributed by atoms with van der Waals surface area (Å²) in [6.07, 6.45) is 2.49. The van der Waals surface area contributed by atoms with Crippen LogP contribution in [0.4, 0.5) is 0 Å². The predicted molar refractivity (Wildman–Crippen MR) is 106 cm³/mol. The van der Waals surface area contributed by atoms with Crippen molar-refractivity contribution in [1.29, 1.82) is 0 Å². The van der Waals surface area contributed by atoms with Gasteiger partial charge in [-0.3, -0.25) is 9.59 Å². The number of nitrogens with zero attached hydrogens (tertiary/aromatic N) is 1. The first-order chi connectivity index (χ1) is 13.1. The van der Waals surface area contributed by atoms with Crippen LogP contribution in [0.15, 0.2) is 72.9 Å². The highest BCUT2D eigenvalue weighted by molar-refractivity contribution is 6.21. The van der Waals surface area contributed by atoms with E-state index in [0.717, 1.165) is 21.7 Å². The Bertz CT molecular complexity index is 1150. The Morgan fingerprint density at radius 2 is 1.52 bits per heavy atom. The number of carbonyl (C=O) groups excluding carboxylic acids is 1. The fourth-order valence-electron chi connectivity index (χ4n) is 3.58. The number of fused-ring (bicyclic) bond motifs is 2. The van der Waals surface area contributed by atoms with Gasteiger partial charge in [-0.2, -0.15) is 0 Å². The van der Waals surface area contributed by atoms with Gasteiger partial charge in [0.05, 0.1) is 0 Å². The minimum Gasteiger partial charge on any atom is -0.481 e. The fraction of sp³-hybridized carbons (Fsp3) is 0.130. The first-order valence-electron chi connectivity index (χ1n) is 8.97. The zero-order valence-electron chi connectivity index (χ0n) is 14.8. The Hall–Kier alpha value is -3.40. The van der Waals surface area contributed by atoms with Gasteiger partial charge >= 0.3 is 5.97 Å². The van der Waals surface area contributed by atoms with Gasteiger partial charge in [-0.15, -0.1) is 0 Å². The van der Waals surface area contributed by atoms with Crippen LogP contribution in [0.5, 0.6) is 0 Å². The van der Waals surface area contributed by atoms with Crippen molar-refractivity contribution in [2.75, 3.05) is 0 Å². The number of benzene rings is 3. The molecule has 0 saturated carbocycles. The molecule has 134 valence electrons. The van der Waals surface area contributed by atoms with Crippen molar-refractivity contribution in [3.05, 3.63) is 84.1 Å². The lowest BCUT2D eigenvalue weighted by atomic mass is 9.97. The molecular formula is C23H19NO3. The number of hydrogen-bond acceptors (Lipinski definition) is 2. The van der Waals surface area contributed by atoms with E-state index in [4.69, 9.17) is 5.11 Å². The molecule has 4 aromatic rings. The molecule has 27 heavy (non-hydrogen) atoms. The molecule has 4 rings (SSSR count). The Morgan fingerprint density at radius 3 is 2.33 bits per heavy atom. The smallest absolute Gasteiger partial charge is 0.303 e. The molecule has 0 amide bonds. The summed E-state index contributed by atoms with van der Waals surface area (Å²) < 4.78 is 1.98. The normalized spacial score (nSPS) is 11.1. The third kappa shape index (κ3) is 3.22. The van der Waals surface area contributed by atoms with Crippen molar-refractivity contribution in [2.45, 2.75) is 19.4 Å². The summed E-state index contributed by atoms with van der Waals surface area (Å²) >= 11 is 0. The van der Waals surface area contributed by atoms with Gasteiger partial charge in [-0.1, -0.05) is 60.7 Å². The van der Waals surface area contributed by atoms with Crippen molar-refractivity contribution in [3.63, 3.8) is 0 Å². The second kappa shape index (κ2) is 7.08. The van der Waals surface area contributed by atoms with Crippen LogP contribution in [0.3, 0.4) is 0 Å². The minimum atomic E-state index is -0.807. The van der Waals surface area contributed by atoms with Gasteiger partial charge in [0, 0.05) is 41.2 Å². The molecule has 0 radical (unpaired) electrons. The maximum Gasteiger partial charge on any atom is 0.303 e. The molecule has 0 aliphatic rings. The summed E-state index contributed by atoms with van der Waals surface area (Å²) in [5.41, 5.74) is 2.28. The third-order valence-corrected chi connectivity index (χ3v) is 4.86. The highest BCUT2D eigenvalue weighted by Crippen LogP contribution is 2.27. The van der Waals surface area contributed by atoms with Gasteiger partial charge in [0.2, 0.25) is 0 Å². The van der Waals surface area contributed by atoms with E-state index in [2.05, 4.69) is 0 Å². The molecule has 3 aromatic carbocycles. The number of carboxylic acids is 1. The second-order valence-electron chi connectivity index (χ2n) is 6.61. The third-order valence-electron chi connectivity index (χ3n) is 4.86. The van der Waals surface area contributed by atoms with E-state index in [-0.39, 0.29) is 12.2 Å². The first-order valence-corrected chi connectivity index (χ1v) is 8.97. The number of carboxylic acid groups (broad SMARTS) is 1. The number of aryl methyl sites for hydroxylation is 1. The van der Waals surface area contributed by atoms with Gasteiger partial charge in [-0.25, -0.2) is 0 Å². The Labute approximate surface area is 156 Å². The Morgan fingerprint density at radius 1 is 0.815 bits per heavy atom. The fourth-order valence-corrected chi connectivity index (χ4v) is 3.58. The van der Waals surface area contributed by atoms with E-state index >= 15 is 0 Å². The molecule has 1 aromatic heterocycles. The maximum absolute atomic E-state index is 13.4. The van der Waals surface area contributed by atoms with Crippen molar-refractivity contribution in [3.8, 4) is 0 Å². The largest absolute Gasteiger partial charge is 0.481 e. The molecule has 0 unspecified atom stereocenters. The zero-order valence-corrected chi connectivity index (χ0v) is 14.8. The van der Waals surface area contributed by atoms with E-state index in [0.29, 0.717) is 24.1 Å². The van der Waals surface area contributed by atoms with E-state index in [9.17, 15) is 9.59 Å². The number of aromatic nitrogens is 1. The van der Waals surface area contributed by atoms with Crippen LogP contribution in [0.2, 0.25) is 0 Å². The van der Waals surface area contributed by atoms with Crippen LogP contribution in [0.1, 0.15) is 28.8 Å². The zero-order chi connectivity index (χ0) is 18.8. The lowest BCUT2D eigenvalue weighted by Gasteiger charge is -2.05. The number of carbonyl (C=O) groups is 2. The summed E-state index contributed by atoms with van der Waals surface area (Å²) in [4.78, 5) is 24.2. The molecule has 0 saturated heterocycles. The number of para-hydroxylation sites is 1. The van der Waals surface area contributed by atoms with Crippen LogP contribution < -0.4 is 0 Å². The highest BCUT2D eigenvalue weighted by Gasteiger charge is 2.18. The maximum atomic E-state index is 13.4. The van der Waals surface area contributed by atoms with Gasteiger partial charge in [0.15, 0.2) is 5.78 Å². The molecule has 0 atom stereocenters. The number of aliphatic carboxylic acids is 1. The van der Waals surface area contributed by atoms with Gasteiger partial charge in [0.1, 0.15) is 0 Å². The van der Waals surface area contributed by atoms with Gasteiger partial charge in [-0.05, 0) is 23.3 Å². The summed E-state index contributed by atoms with van der Waals surface area (Å²) in [6.45, 7) is 0.565. The lowest BCUT2D eigenvalue weighted by Crippen LogP contribution is -2.03. The summed E-state index contributed by atoms with van der Waals surface area (Å²) in [6, 6.07) is 21.4. The van der Waals surface area contributed by atoms with Crippen molar-refractivity contribution < 1.29 is 14.7 Å². The SMILES string of the molecule is O=C(O)CCCn1cc(C(=O)c2cccc3ccccc23)c2ccccc21. The van der Waals surface area contributed by atoms with E-state index < -0.39 is 5.97 Å². The van der Waals surface area contributed by atoms with E-state index in [1.165, 1.54) is 0 Å². The second-order valence-corrected chi connectivity index (χ2v) is 6.61. The van der Waals surface area contributed by atoms with Crippen LogP contribution in [-0.2, 0) is 11.3 Å². The number of ketones is 1. The number of rotatable bonds is 6. The van der Waals surface area contributed by atoms with Crippen LogP contribution in [-0.4, -0.2) is 21.4 Å². The summed E-state index contributed by atoms with van der Waals surface area (Å²) in [5, 5.41) is 11.8. The van der Waals surface area contributed by atoms with Gasteiger partial charge in [0.25, 0.3) is 0 Å². The van der Waals surface area contributed by atoms with Crippen molar-refractivity contribution in [1.82, 2.24) is 4.57 Å². The van der Waals surface area contributed by atoms with Gasteiger partial charge < -0.3 is 9.67 Å². The average molecular weight is 357 g/mol. The van der Waals surface area contributed by atoms with Crippen LogP contribution in [0.25, 0.3) is 21.7 Å². The van der Waals surface area contributed by atoms with Crippen molar-refractivity contribution >= 4 is 33.4 Å². The molecule has 0 spiro atoms. The van der Waals surface area contributed by atoms with Crippen LogP contribution in [0, 0.1) is 0 Å². The molecule has 0 aliphatic carbocycles. The molecule has 4 heteroatoms. The molecule has 1 heterocycles. The molecular weight excluding hydrogens is 338 g/mol. The quantitative estimate of drug-likeness (QED) is 0.500. The topological polar surface area (TPSA) is 59.3 Å². The first kappa shape index (κ1) is 17.0. The van der Waals surface area contributed by atoms with Crippen LogP contribution >= 0.6 is 0 Å². The molecule has 0 bridgehead atoms.